The third-order valence-corrected chi connectivity index (χ3v) is 1.98. The quantitative estimate of drug-likeness (QED) is 0.546. The van der Waals surface area contributed by atoms with Crippen LogP contribution in [-0.2, 0) is 6.54 Å². The number of H-pyrrole nitrogens is 1. The average Bonchev–Trinajstić information content (AvgIpc) is 2.35. The van der Waals surface area contributed by atoms with Gasteiger partial charge in [-0.15, -0.1) is 0 Å². The SMILES string of the molecule is CC1NCc2c1nc[nH]c2=O. The number of nitrogens with one attached hydrogen (secondary N) is 2. The molecule has 1 aliphatic heterocycles. The third-order valence-electron chi connectivity index (χ3n) is 1.98. The van der Waals surface area contributed by atoms with Crippen molar-refractivity contribution < 1.29 is 0 Å². The first-order chi connectivity index (χ1) is 5.29. The lowest BCUT2D eigenvalue weighted by atomic mass is 10.2. The molecular weight excluding hydrogens is 142 g/mol. The molecule has 0 radical (unpaired) electrons. The van der Waals surface area contributed by atoms with Crippen LogP contribution in [0.15, 0.2) is 11.1 Å². The Labute approximate surface area is 63.7 Å². The number of hydrogen-bond donors (Lipinski definition) is 2. The van der Waals surface area contributed by atoms with Gasteiger partial charge in [0, 0.05) is 12.6 Å². The lowest BCUT2D eigenvalue weighted by Crippen LogP contribution is -2.13. The maximum Gasteiger partial charge on any atom is 0.255 e. The van der Waals surface area contributed by atoms with Gasteiger partial charge in [-0.1, -0.05) is 0 Å². The molecule has 1 aromatic heterocycles. The summed E-state index contributed by atoms with van der Waals surface area (Å²) in [6, 6.07) is 0.215. The van der Waals surface area contributed by atoms with Gasteiger partial charge in [0.25, 0.3) is 5.56 Å². The highest BCUT2D eigenvalue weighted by Gasteiger charge is 2.20. The van der Waals surface area contributed by atoms with Crippen molar-refractivity contribution in [2.45, 2.75) is 19.5 Å². The van der Waals surface area contributed by atoms with Gasteiger partial charge in [-0.05, 0) is 6.92 Å². The number of fused-ring (bicyclic) bond motifs is 1. The van der Waals surface area contributed by atoms with E-state index in [0.29, 0.717) is 6.54 Å². The van der Waals surface area contributed by atoms with Crippen LogP contribution < -0.4 is 10.9 Å². The minimum absolute atomic E-state index is 0.0214. The van der Waals surface area contributed by atoms with Crippen molar-refractivity contribution >= 4 is 0 Å². The van der Waals surface area contributed by atoms with Crippen LogP contribution in [0, 0.1) is 0 Å². The van der Waals surface area contributed by atoms with Gasteiger partial charge in [0.05, 0.1) is 17.6 Å². The van der Waals surface area contributed by atoms with E-state index < -0.39 is 0 Å². The largest absolute Gasteiger partial charge is 0.313 e. The van der Waals surface area contributed by atoms with Crippen LogP contribution >= 0.6 is 0 Å². The summed E-state index contributed by atoms with van der Waals surface area (Å²) in [5.74, 6) is 0. The van der Waals surface area contributed by atoms with E-state index in [9.17, 15) is 4.79 Å². The smallest absolute Gasteiger partial charge is 0.255 e. The Morgan fingerprint density at radius 3 is 3.27 bits per heavy atom. The maximum absolute atomic E-state index is 11.1. The molecule has 4 heteroatoms. The summed E-state index contributed by atoms with van der Waals surface area (Å²) in [7, 11) is 0. The van der Waals surface area contributed by atoms with E-state index in [1.807, 2.05) is 6.92 Å². The van der Waals surface area contributed by atoms with Gasteiger partial charge in [0.1, 0.15) is 0 Å². The Balaban J connectivity index is 2.66. The van der Waals surface area contributed by atoms with Crippen molar-refractivity contribution in [3.8, 4) is 0 Å². The second-order valence-electron chi connectivity index (χ2n) is 2.70. The number of hydrogen-bond acceptors (Lipinski definition) is 3. The minimum atomic E-state index is -0.0214. The molecule has 0 saturated heterocycles. The summed E-state index contributed by atoms with van der Waals surface area (Å²) < 4.78 is 0. The lowest BCUT2D eigenvalue weighted by molar-refractivity contribution is 0.623. The monoisotopic (exact) mass is 151 g/mol. The zero-order valence-electron chi connectivity index (χ0n) is 6.22. The summed E-state index contributed by atoms with van der Waals surface area (Å²) in [5.41, 5.74) is 1.64. The predicted molar refractivity (Wildman–Crippen MR) is 40.1 cm³/mol. The summed E-state index contributed by atoms with van der Waals surface area (Å²) in [6.45, 7) is 2.64. The second-order valence-corrected chi connectivity index (χ2v) is 2.70. The molecule has 1 atom stereocenters. The first kappa shape index (κ1) is 6.54. The van der Waals surface area contributed by atoms with Crippen LogP contribution in [0.5, 0.6) is 0 Å². The average molecular weight is 151 g/mol. The Morgan fingerprint density at radius 1 is 1.73 bits per heavy atom. The number of nitrogens with zero attached hydrogens (tertiary/aromatic N) is 1. The summed E-state index contributed by atoms with van der Waals surface area (Å²) >= 11 is 0. The Morgan fingerprint density at radius 2 is 2.55 bits per heavy atom. The van der Waals surface area contributed by atoms with Crippen LogP contribution in [0.4, 0.5) is 0 Å². The lowest BCUT2D eigenvalue weighted by Gasteiger charge is -1.99. The normalized spacial score (nSPS) is 21.7. The van der Waals surface area contributed by atoms with Gasteiger partial charge in [0.2, 0.25) is 0 Å². The fourth-order valence-electron chi connectivity index (χ4n) is 1.34. The Bertz CT molecular complexity index is 331. The van der Waals surface area contributed by atoms with Crippen LogP contribution in [0.1, 0.15) is 24.2 Å². The fraction of sp³-hybridized carbons (Fsp3) is 0.429. The van der Waals surface area contributed by atoms with Crippen LogP contribution in [0.3, 0.4) is 0 Å². The number of rotatable bonds is 0. The standard InChI is InChI=1S/C7H9N3O/c1-4-6-5(2-8-4)7(11)10-3-9-6/h3-4,8H,2H2,1H3,(H,9,10,11). The fourth-order valence-corrected chi connectivity index (χ4v) is 1.34. The molecule has 0 aromatic carbocycles. The van der Waals surface area contributed by atoms with Crippen molar-refractivity contribution in [1.29, 1.82) is 0 Å². The number of aromatic amines is 1. The molecule has 11 heavy (non-hydrogen) atoms. The van der Waals surface area contributed by atoms with Crippen LogP contribution in [-0.4, -0.2) is 9.97 Å². The minimum Gasteiger partial charge on any atom is -0.313 e. The van der Waals surface area contributed by atoms with E-state index in [4.69, 9.17) is 0 Å². The first-order valence-electron chi connectivity index (χ1n) is 3.59. The van der Waals surface area contributed by atoms with Crippen molar-refractivity contribution in [2.24, 2.45) is 0 Å². The van der Waals surface area contributed by atoms with E-state index in [1.54, 1.807) is 0 Å². The van der Waals surface area contributed by atoms with Gasteiger partial charge >= 0.3 is 0 Å². The number of aromatic nitrogens is 2. The van der Waals surface area contributed by atoms with Gasteiger partial charge in [0.15, 0.2) is 0 Å². The molecule has 0 bridgehead atoms. The molecule has 2 rings (SSSR count). The summed E-state index contributed by atoms with van der Waals surface area (Å²) in [5, 5.41) is 3.14. The van der Waals surface area contributed by atoms with Crippen molar-refractivity contribution in [2.75, 3.05) is 0 Å². The van der Waals surface area contributed by atoms with Crippen molar-refractivity contribution in [3.05, 3.63) is 27.9 Å². The second kappa shape index (κ2) is 2.17. The van der Waals surface area contributed by atoms with Gasteiger partial charge < -0.3 is 10.3 Å². The Kier molecular flexibility index (Phi) is 1.29. The molecule has 4 nitrogen and oxygen atoms in total. The third kappa shape index (κ3) is 0.867. The maximum atomic E-state index is 11.1. The van der Waals surface area contributed by atoms with E-state index in [0.717, 1.165) is 11.3 Å². The van der Waals surface area contributed by atoms with E-state index in [2.05, 4.69) is 15.3 Å². The highest BCUT2D eigenvalue weighted by atomic mass is 16.1. The van der Waals surface area contributed by atoms with Gasteiger partial charge in [-0.3, -0.25) is 4.79 Å². The molecule has 0 saturated carbocycles. The van der Waals surface area contributed by atoms with Crippen LogP contribution in [0.25, 0.3) is 0 Å². The van der Waals surface area contributed by atoms with Crippen LogP contribution in [0.2, 0.25) is 0 Å². The zero-order valence-corrected chi connectivity index (χ0v) is 6.22. The summed E-state index contributed by atoms with van der Waals surface area (Å²) in [6.07, 6.45) is 1.45. The molecule has 0 fully saturated rings. The zero-order chi connectivity index (χ0) is 7.84. The molecule has 1 unspecified atom stereocenters. The molecule has 2 N–H and O–H groups in total. The van der Waals surface area contributed by atoms with Crippen molar-refractivity contribution in [1.82, 2.24) is 15.3 Å². The van der Waals surface area contributed by atoms with E-state index >= 15 is 0 Å². The molecule has 1 aromatic rings. The highest BCUT2D eigenvalue weighted by Crippen LogP contribution is 2.17. The summed E-state index contributed by atoms with van der Waals surface area (Å²) in [4.78, 5) is 17.7. The molecule has 1 aliphatic rings. The molecular formula is C7H9N3O. The van der Waals surface area contributed by atoms with Gasteiger partial charge in [-0.2, -0.15) is 0 Å². The molecule has 58 valence electrons. The predicted octanol–water partition coefficient (Wildman–Crippen LogP) is -0.0659. The van der Waals surface area contributed by atoms with Gasteiger partial charge in [-0.25, -0.2) is 4.98 Å². The van der Waals surface area contributed by atoms with E-state index in [1.165, 1.54) is 6.33 Å². The highest BCUT2D eigenvalue weighted by molar-refractivity contribution is 5.23. The molecule has 0 amide bonds. The molecule has 0 spiro atoms. The Hall–Kier alpha value is -1.16. The molecule has 0 aliphatic carbocycles. The molecule has 2 heterocycles. The first-order valence-corrected chi connectivity index (χ1v) is 3.59. The van der Waals surface area contributed by atoms with E-state index in [-0.39, 0.29) is 11.6 Å². The van der Waals surface area contributed by atoms with Crippen molar-refractivity contribution in [3.63, 3.8) is 0 Å². The topological polar surface area (TPSA) is 57.8 Å².